The Bertz CT molecular complexity index is 857. The number of carboxylic acids is 1. The van der Waals surface area contributed by atoms with Crippen molar-refractivity contribution in [2.24, 2.45) is 0 Å². The Balaban J connectivity index is 1.81. The van der Waals surface area contributed by atoms with Crippen molar-refractivity contribution in [2.75, 3.05) is 0 Å². The van der Waals surface area contributed by atoms with Crippen LogP contribution in [0, 0.1) is 0 Å². The van der Waals surface area contributed by atoms with E-state index in [1.165, 1.54) is 12.5 Å². The van der Waals surface area contributed by atoms with Gasteiger partial charge in [0.15, 0.2) is 0 Å². The van der Waals surface area contributed by atoms with Gasteiger partial charge in [-0.15, -0.1) is 0 Å². The molecule has 118 valence electrons. The molecule has 0 bridgehead atoms. The van der Waals surface area contributed by atoms with Crippen LogP contribution in [0.25, 0.3) is 10.9 Å². The molecule has 0 radical (unpaired) electrons. The maximum Gasteiger partial charge on any atom is 0.326 e. The fourth-order valence-corrected chi connectivity index (χ4v) is 2.70. The topological polar surface area (TPSA) is 111 Å². The molecule has 0 aliphatic carbocycles. The highest BCUT2D eigenvalue weighted by Gasteiger charge is 2.23. The van der Waals surface area contributed by atoms with Gasteiger partial charge in [-0.1, -0.05) is 22.0 Å². The van der Waals surface area contributed by atoms with Crippen LogP contribution in [0.1, 0.15) is 16.1 Å². The minimum absolute atomic E-state index is 0.134. The van der Waals surface area contributed by atoms with Crippen molar-refractivity contribution in [3.05, 3.63) is 52.7 Å². The lowest BCUT2D eigenvalue weighted by atomic mass is 10.1. The minimum Gasteiger partial charge on any atom is -0.480 e. The molecule has 0 spiro atoms. The summed E-state index contributed by atoms with van der Waals surface area (Å²) in [6.07, 6.45) is 4.70. The lowest BCUT2D eigenvalue weighted by molar-refractivity contribution is -0.139. The molecule has 3 rings (SSSR count). The third-order valence-electron chi connectivity index (χ3n) is 3.47. The van der Waals surface area contributed by atoms with E-state index in [2.05, 4.69) is 36.2 Å². The van der Waals surface area contributed by atoms with Crippen molar-refractivity contribution in [2.45, 2.75) is 12.5 Å². The molecule has 3 aromatic rings. The number of amides is 1. The highest BCUT2D eigenvalue weighted by Crippen LogP contribution is 2.22. The predicted octanol–water partition coefficient (Wildman–Crippen LogP) is 2.08. The summed E-state index contributed by atoms with van der Waals surface area (Å²) >= 11 is 3.36. The molecule has 0 aliphatic heterocycles. The molecule has 0 saturated carbocycles. The van der Waals surface area contributed by atoms with Gasteiger partial charge in [-0.3, -0.25) is 4.79 Å². The number of aliphatic carboxylic acids is 1. The molecule has 0 fully saturated rings. The monoisotopic (exact) mass is 376 g/mol. The van der Waals surface area contributed by atoms with Crippen LogP contribution in [0.5, 0.6) is 0 Å². The summed E-state index contributed by atoms with van der Waals surface area (Å²) in [7, 11) is 0. The van der Waals surface area contributed by atoms with Crippen LogP contribution < -0.4 is 5.32 Å². The lowest BCUT2D eigenvalue weighted by Crippen LogP contribution is -2.42. The molecule has 0 aliphatic rings. The Hall–Kier alpha value is -2.61. The van der Waals surface area contributed by atoms with Crippen LogP contribution in [0.4, 0.5) is 0 Å². The molecule has 8 heteroatoms. The van der Waals surface area contributed by atoms with Crippen LogP contribution in [-0.2, 0) is 11.2 Å². The standard InChI is InChI=1S/C15H13BrN4O3/c16-8-1-2-10-11(6-18-12(10)3-8)14(21)20-13(15(22)23)4-9-5-17-7-19-9/h1-3,5-7,13,18H,4H2,(H,17,19)(H,20,21)(H,22,23)/t13-/m0/s1. The van der Waals surface area contributed by atoms with E-state index in [0.29, 0.717) is 11.3 Å². The zero-order valence-corrected chi connectivity index (χ0v) is 13.4. The number of halogens is 1. The Morgan fingerprint density at radius 1 is 1.35 bits per heavy atom. The van der Waals surface area contributed by atoms with E-state index in [4.69, 9.17) is 0 Å². The van der Waals surface area contributed by atoms with E-state index in [9.17, 15) is 14.7 Å². The Kier molecular flexibility index (Phi) is 4.16. The second kappa shape index (κ2) is 6.25. The first-order valence-electron chi connectivity index (χ1n) is 6.82. The summed E-state index contributed by atoms with van der Waals surface area (Å²) < 4.78 is 0.890. The molecule has 1 amide bonds. The number of hydrogen-bond donors (Lipinski definition) is 4. The number of aromatic amines is 2. The van der Waals surface area contributed by atoms with E-state index in [-0.39, 0.29) is 6.42 Å². The van der Waals surface area contributed by atoms with Crippen molar-refractivity contribution in [3.8, 4) is 0 Å². The smallest absolute Gasteiger partial charge is 0.326 e. The normalized spacial score (nSPS) is 12.2. The van der Waals surface area contributed by atoms with Gasteiger partial charge < -0.3 is 20.4 Å². The molecule has 7 nitrogen and oxygen atoms in total. The molecule has 1 aromatic carbocycles. The number of carbonyl (C=O) groups excluding carboxylic acids is 1. The second-order valence-electron chi connectivity index (χ2n) is 5.04. The fraction of sp³-hybridized carbons (Fsp3) is 0.133. The summed E-state index contributed by atoms with van der Waals surface area (Å²) in [5.74, 6) is -1.54. The number of carbonyl (C=O) groups is 2. The first-order chi connectivity index (χ1) is 11.0. The SMILES string of the molecule is O=C(N[C@@H](Cc1cnc[nH]1)C(=O)O)c1c[nH]c2cc(Br)ccc12. The van der Waals surface area contributed by atoms with E-state index < -0.39 is 17.9 Å². The third kappa shape index (κ3) is 3.26. The highest BCUT2D eigenvalue weighted by atomic mass is 79.9. The van der Waals surface area contributed by atoms with E-state index in [1.807, 2.05) is 12.1 Å². The average Bonchev–Trinajstić information content (AvgIpc) is 3.14. The van der Waals surface area contributed by atoms with E-state index in [1.54, 1.807) is 12.3 Å². The number of carboxylic acid groups (broad SMARTS) is 1. The van der Waals surface area contributed by atoms with Gasteiger partial charge in [0, 0.05) is 39.9 Å². The van der Waals surface area contributed by atoms with Crippen molar-refractivity contribution in [1.82, 2.24) is 20.3 Å². The average molecular weight is 377 g/mol. The number of fused-ring (bicyclic) bond motifs is 1. The van der Waals surface area contributed by atoms with Gasteiger partial charge in [0.2, 0.25) is 0 Å². The molecular weight excluding hydrogens is 364 g/mol. The van der Waals surface area contributed by atoms with Crippen molar-refractivity contribution < 1.29 is 14.7 Å². The first kappa shape index (κ1) is 15.3. The van der Waals surface area contributed by atoms with Gasteiger partial charge in [0.25, 0.3) is 5.91 Å². The van der Waals surface area contributed by atoms with Crippen LogP contribution in [0.2, 0.25) is 0 Å². The zero-order valence-electron chi connectivity index (χ0n) is 11.8. The number of benzene rings is 1. The Morgan fingerprint density at radius 3 is 2.87 bits per heavy atom. The van der Waals surface area contributed by atoms with Crippen molar-refractivity contribution >= 4 is 38.7 Å². The Labute approximate surface area is 139 Å². The molecule has 0 saturated heterocycles. The number of H-pyrrole nitrogens is 2. The maximum absolute atomic E-state index is 12.4. The summed E-state index contributed by atoms with van der Waals surface area (Å²) in [5.41, 5.74) is 1.84. The zero-order chi connectivity index (χ0) is 16.4. The maximum atomic E-state index is 12.4. The van der Waals surface area contributed by atoms with Crippen LogP contribution in [-0.4, -0.2) is 38.0 Å². The quantitative estimate of drug-likeness (QED) is 0.546. The molecule has 0 unspecified atom stereocenters. The number of imidazole rings is 1. The fourth-order valence-electron chi connectivity index (χ4n) is 2.34. The van der Waals surface area contributed by atoms with E-state index >= 15 is 0 Å². The highest BCUT2D eigenvalue weighted by molar-refractivity contribution is 9.10. The largest absolute Gasteiger partial charge is 0.480 e. The van der Waals surface area contributed by atoms with Gasteiger partial charge in [0.05, 0.1) is 11.9 Å². The number of nitrogens with zero attached hydrogens (tertiary/aromatic N) is 1. The first-order valence-corrected chi connectivity index (χ1v) is 7.61. The predicted molar refractivity (Wildman–Crippen MR) is 87.2 cm³/mol. The summed E-state index contributed by atoms with van der Waals surface area (Å²) in [4.78, 5) is 33.5. The molecule has 2 aromatic heterocycles. The molecule has 2 heterocycles. The molecule has 1 atom stereocenters. The van der Waals surface area contributed by atoms with Gasteiger partial charge >= 0.3 is 5.97 Å². The number of nitrogens with one attached hydrogen (secondary N) is 3. The lowest BCUT2D eigenvalue weighted by Gasteiger charge is -2.13. The minimum atomic E-state index is -1.10. The van der Waals surface area contributed by atoms with Crippen LogP contribution in [0.3, 0.4) is 0 Å². The second-order valence-corrected chi connectivity index (χ2v) is 5.95. The number of rotatable bonds is 5. The van der Waals surface area contributed by atoms with Crippen LogP contribution >= 0.6 is 15.9 Å². The van der Waals surface area contributed by atoms with Crippen molar-refractivity contribution in [3.63, 3.8) is 0 Å². The summed E-state index contributed by atoms with van der Waals surface area (Å²) in [5, 5.41) is 12.6. The van der Waals surface area contributed by atoms with Gasteiger partial charge in [-0.2, -0.15) is 0 Å². The number of hydrogen-bond acceptors (Lipinski definition) is 3. The van der Waals surface area contributed by atoms with Gasteiger partial charge in [0.1, 0.15) is 6.04 Å². The summed E-state index contributed by atoms with van der Waals surface area (Å²) in [6.45, 7) is 0. The third-order valence-corrected chi connectivity index (χ3v) is 3.96. The molecular formula is C15H13BrN4O3. The Morgan fingerprint density at radius 2 is 2.17 bits per heavy atom. The van der Waals surface area contributed by atoms with Gasteiger partial charge in [-0.05, 0) is 12.1 Å². The number of aromatic nitrogens is 3. The molecule has 23 heavy (non-hydrogen) atoms. The van der Waals surface area contributed by atoms with Crippen LogP contribution in [0.15, 0.2) is 41.4 Å². The van der Waals surface area contributed by atoms with Gasteiger partial charge in [-0.25, -0.2) is 9.78 Å². The molecule has 4 N–H and O–H groups in total. The van der Waals surface area contributed by atoms with E-state index in [0.717, 1.165) is 15.4 Å². The summed E-state index contributed by atoms with van der Waals surface area (Å²) in [6, 6.07) is 4.44. The van der Waals surface area contributed by atoms with Crippen molar-refractivity contribution in [1.29, 1.82) is 0 Å².